The minimum atomic E-state index is -4.18. The summed E-state index contributed by atoms with van der Waals surface area (Å²) in [7, 11) is 0. The Balaban J connectivity index is 0.00000169. The van der Waals surface area contributed by atoms with Gasteiger partial charge >= 0.3 is 6.18 Å². The largest absolute Gasteiger partial charge is 0.403 e. The predicted octanol–water partition coefficient (Wildman–Crippen LogP) is 2.61. The van der Waals surface area contributed by atoms with Gasteiger partial charge in [-0.2, -0.15) is 13.2 Å². The summed E-state index contributed by atoms with van der Waals surface area (Å²) in [6.07, 6.45) is -4.18. The van der Waals surface area contributed by atoms with Crippen LogP contribution in [0.2, 0.25) is 0 Å². The van der Waals surface area contributed by atoms with E-state index in [4.69, 9.17) is 0 Å². The van der Waals surface area contributed by atoms with Crippen LogP contribution in [0, 0.1) is 0 Å². The van der Waals surface area contributed by atoms with E-state index in [9.17, 15) is 13.2 Å². The zero-order valence-electron chi connectivity index (χ0n) is 7.34. The Kier molecular flexibility index (Phi) is 5.40. The highest BCUT2D eigenvalue weighted by Crippen LogP contribution is 2.19. The van der Waals surface area contributed by atoms with E-state index in [1.807, 2.05) is 0 Å². The van der Waals surface area contributed by atoms with Crippen molar-refractivity contribution in [2.75, 3.05) is 0 Å². The van der Waals surface area contributed by atoms with Crippen molar-refractivity contribution in [1.29, 1.82) is 0 Å². The third-order valence-corrected chi connectivity index (χ3v) is 2.20. The van der Waals surface area contributed by atoms with Gasteiger partial charge in [0.05, 0.1) is 11.2 Å². The molecule has 1 rings (SSSR count). The van der Waals surface area contributed by atoms with E-state index in [2.05, 4.69) is 10.3 Å². The highest BCUT2D eigenvalue weighted by atomic mass is 35.5. The topological polar surface area (TPSA) is 24.9 Å². The van der Waals surface area contributed by atoms with E-state index >= 15 is 0 Å². The molecule has 0 fully saturated rings. The molecule has 0 aliphatic heterocycles. The van der Waals surface area contributed by atoms with Gasteiger partial charge in [0.25, 0.3) is 0 Å². The molecule has 1 atom stereocenters. The molecule has 0 aliphatic rings. The number of alkyl halides is 3. The Morgan fingerprint density at radius 2 is 2.21 bits per heavy atom. The summed E-state index contributed by atoms with van der Waals surface area (Å²) in [5.74, 6) is 0. The molecule has 7 heteroatoms. The lowest BCUT2D eigenvalue weighted by Gasteiger charge is -2.16. The summed E-state index contributed by atoms with van der Waals surface area (Å²) in [5.41, 5.74) is 2.23. The summed E-state index contributed by atoms with van der Waals surface area (Å²) >= 11 is 1.37. The number of hydrogen-bond acceptors (Lipinski definition) is 3. The number of nitrogens with one attached hydrogen (secondary N) is 1. The first-order valence-electron chi connectivity index (χ1n) is 3.67. The molecule has 0 saturated heterocycles. The minimum Gasteiger partial charge on any atom is -0.301 e. The van der Waals surface area contributed by atoms with Crippen molar-refractivity contribution in [3.8, 4) is 0 Å². The molecule has 1 aromatic rings. The molecule has 0 spiro atoms. The van der Waals surface area contributed by atoms with Crippen molar-refractivity contribution in [3.63, 3.8) is 0 Å². The lowest BCUT2D eigenvalue weighted by atomic mass is 10.3. The van der Waals surface area contributed by atoms with Crippen molar-refractivity contribution in [3.05, 3.63) is 16.6 Å². The van der Waals surface area contributed by atoms with E-state index in [1.54, 1.807) is 10.9 Å². The highest BCUT2D eigenvalue weighted by Gasteiger charge is 2.35. The molecule has 0 radical (unpaired) electrons. The molecule has 1 N–H and O–H groups in total. The van der Waals surface area contributed by atoms with Gasteiger partial charge in [0.2, 0.25) is 0 Å². The molecule has 0 saturated carbocycles. The Bertz CT molecular complexity index is 250. The van der Waals surface area contributed by atoms with Crippen LogP contribution in [-0.2, 0) is 6.54 Å². The number of halogens is 4. The SMILES string of the molecule is C[C@H](NCc1cscn1)C(F)(F)F.Cl. The third kappa shape index (κ3) is 4.26. The van der Waals surface area contributed by atoms with E-state index in [-0.39, 0.29) is 19.0 Å². The lowest BCUT2D eigenvalue weighted by Crippen LogP contribution is -2.39. The zero-order chi connectivity index (χ0) is 9.90. The van der Waals surface area contributed by atoms with Crippen LogP contribution >= 0.6 is 23.7 Å². The van der Waals surface area contributed by atoms with Gasteiger partial charge in [-0.25, -0.2) is 4.98 Å². The number of thiazole rings is 1. The Labute approximate surface area is 90.0 Å². The number of nitrogens with zero attached hydrogens (tertiary/aromatic N) is 1. The van der Waals surface area contributed by atoms with Gasteiger partial charge < -0.3 is 5.32 Å². The second-order valence-electron chi connectivity index (χ2n) is 2.62. The van der Waals surface area contributed by atoms with Crippen LogP contribution in [0.1, 0.15) is 12.6 Å². The first-order valence-corrected chi connectivity index (χ1v) is 4.61. The summed E-state index contributed by atoms with van der Waals surface area (Å²) in [6.45, 7) is 1.25. The summed E-state index contributed by atoms with van der Waals surface area (Å²) in [5, 5.41) is 4.06. The molecule has 1 aromatic heterocycles. The standard InChI is InChI=1S/C7H9F3N2S.ClH/c1-5(7(8,9)10)11-2-6-3-13-4-12-6;/h3-5,11H,2H2,1H3;1H/t5-;/m0./s1. The Morgan fingerprint density at radius 3 is 2.64 bits per heavy atom. The van der Waals surface area contributed by atoms with E-state index < -0.39 is 12.2 Å². The lowest BCUT2D eigenvalue weighted by molar-refractivity contribution is -0.151. The maximum absolute atomic E-state index is 12.0. The molecule has 0 aliphatic carbocycles. The summed E-state index contributed by atoms with van der Waals surface area (Å²) in [6, 6.07) is -1.49. The van der Waals surface area contributed by atoms with Crippen LogP contribution in [-0.4, -0.2) is 17.2 Å². The van der Waals surface area contributed by atoms with Crippen molar-refractivity contribution < 1.29 is 13.2 Å². The second kappa shape index (κ2) is 5.53. The fourth-order valence-corrected chi connectivity index (χ4v) is 1.26. The summed E-state index contributed by atoms with van der Waals surface area (Å²) < 4.78 is 36.0. The Morgan fingerprint density at radius 1 is 1.57 bits per heavy atom. The fourth-order valence-electron chi connectivity index (χ4n) is 0.698. The second-order valence-corrected chi connectivity index (χ2v) is 3.34. The van der Waals surface area contributed by atoms with Crippen LogP contribution in [0.4, 0.5) is 13.2 Å². The predicted molar refractivity (Wildman–Crippen MR) is 51.7 cm³/mol. The monoisotopic (exact) mass is 246 g/mol. The van der Waals surface area contributed by atoms with Crippen LogP contribution in [0.15, 0.2) is 10.9 Å². The molecular weight excluding hydrogens is 237 g/mol. The first-order chi connectivity index (χ1) is 6.00. The van der Waals surface area contributed by atoms with Crippen molar-refractivity contribution >= 4 is 23.7 Å². The quantitative estimate of drug-likeness (QED) is 0.887. The van der Waals surface area contributed by atoms with Crippen LogP contribution in [0.25, 0.3) is 0 Å². The fraction of sp³-hybridized carbons (Fsp3) is 0.571. The van der Waals surface area contributed by atoms with Crippen LogP contribution in [0.3, 0.4) is 0 Å². The van der Waals surface area contributed by atoms with E-state index in [0.29, 0.717) is 5.69 Å². The molecular formula is C7H10ClF3N2S. The molecule has 0 aromatic carbocycles. The average Bonchev–Trinajstić information content (AvgIpc) is 2.50. The normalized spacial score (nSPS) is 13.4. The zero-order valence-corrected chi connectivity index (χ0v) is 8.97. The Hall–Kier alpha value is -0.330. The van der Waals surface area contributed by atoms with Crippen molar-refractivity contribution in [1.82, 2.24) is 10.3 Å². The van der Waals surface area contributed by atoms with Gasteiger partial charge in [0, 0.05) is 11.9 Å². The van der Waals surface area contributed by atoms with Gasteiger partial charge in [-0.3, -0.25) is 0 Å². The van der Waals surface area contributed by atoms with Gasteiger partial charge in [-0.15, -0.1) is 23.7 Å². The molecule has 82 valence electrons. The molecule has 0 bridgehead atoms. The van der Waals surface area contributed by atoms with Gasteiger partial charge in [-0.05, 0) is 6.92 Å². The number of rotatable bonds is 3. The van der Waals surface area contributed by atoms with Crippen molar-refractivity contribution in [2.24, 2.45) is 0 Å². The van der Waals surface area contributed by atoms with Crippen LogP contribution < -0.4 is 5.32 Å². The highest BCUT2D eigenvalue weighted by molar-refractivity contribution is 7.07. The van der Waals surface area contributed by atoms with E-state index in [0.717, 1.165) is 6.92 Å². The average molecular weight is 247 g/mol. The van der Waals surface area contributed by atoms with Gasteiger partial charge in [0.15, 0.2) is 0 Å². The van der Waals surface area contributed by atoms with Crippen LogP contribution in [0.5, 0.6) is 0 Å². The molecule has 0 unspecified atom stereocenters. The van der Waals surface area contributed by atoms with Gasteiger partial charge in [0.1, 0.15) is 6.04 Å². The van der Waals surface area contributed by atoms with E-state index in [1.165, 1.54) is 11.3 Å². The smallest absolute Gasteiger partial charge is 0.301 e. The first kappa shape index (κ1) is 13.7. The molecule has 1 heterocycles. The summed E-state index contributed by atoms with van der Waals surface area (Å²) in [4.78, 5) is 3.86. The third-order valence-electron chi connectivity index (χ3n) is 1.56. The molecule has 14 heavy (non-hydrogen) atoms. The number of hydrogen-bond donors (Lipinski definition) is 1. The maximum Gasteiger partial charge on any atom is 0.403 e. The maximum atomic E-state index is 12.0. The molecule has 2 nitrogen and oxygen atoms in total. The minimum absolute atomic E-state index is 0. The molecule has 0 amide bonds. The van der Waals surface area contributed by atoms with Gasteiger partial charge in [-0.1, -0.05) is 0 Å². The number of aromatic nitrogens is 1. The van der Waals surface area contributed by atoms with Crippen molar-refractivity contribution in [2.45, 2.75) is 25.7 Å².